The predicted octanol–water partition coefficient (Wildman–Crippen LogP) is 2.11. The van der Waals surface area contributed by atoms with Gasteiger partial charge in [-0.25, -0.2) is 4.52 Å². The van der Waals surface area contributed by atoms with E-state index in [-0.39, 0.29) is 6.04 Å². The van der Waals surface area contributed by atoms with Crippen LogP contribution >= 0.6 is 0 Å². The van der Waals surface area contributed by atoms with Gasteiger partial charge in [0.2, 0.25) is 5.95 Å². The molecule has 1 unspecified atom stereocenters. The minimum Gasteiger partial charge on any atom is -0.339 e. The van der Waals surface area contributed by atoms with Gasteiger partial charge >= 0.3 is 0 Å². The number of hydrogen-bond acceptors (Lipinski definition) is 3. The Morgan fingerprint density at radius 1 is 1.47 bits per heavy atom. The Hall–Kier alpha value is -2.02. The van der Waals surface area contributed by atoms with Crippen LogP contribution in [0.2, 0.25) is 0 Å². The second-order valence-electron chi connectivity index (χ2n) is 4.43. The van der Waals surface area contributed by atoms with E-state index in [1.54, 1.807) is 4.52 Å². The molecule has 0 saturated heterocycles. The van der Waals surface area contributed by atoms with Crippen LogP contribution in [0.3, 0.4) is 0 Å². The standard InChI is InChI=1S/C13H16N4/c1-5-11(9(2)3)14-13-15-12-10(4)7-6-8-17(12)16-13/h1,6-9,11H,2-4H3,(H,14,16). The third-order valence-corrected chi connectivity index (χ3v) is 2.69. The molecule has 4 heteroatoms. The van der Waals surface area contributed by atoms with Crippen LogP contribution in [0, 0.1) is 25.2 Å². The molecule has 0 aliphatic heterocycles. The summed E-state index contributed by atoms with van der Waals surface area (Å²) in [4.78, 5) is 4.43. The van der Waals surface area contributed by atoms with Gasteiger partial charge in [0.1, 0.15) is 0 Å². The van der Waals surface area contributed by atoms with Gasteiger partial charge in [-0.05, 0) is 24.5 Å². The number of anilines is 1. The van der Waals surface area contributed by atoms with Crippen LogP contribution in [-0.4, -0.2) is 20.6 Å². The van der Waals surface area contributed by atoms with Crippen molar-refractivity contribution in [2.24, 2.45) is 5.92 Å². The van der Waals surface area contributed by atoms with Crippen molar-refractivity contribution in [1.82, 2.24) is 14.6 Å². The van der Waals surface area contributed by atoms with Crippen molar-refractivity contribution >= 4 is 11.6 Å². The van der Waals surface area contributed by atoms with Gasteiger partial charge in [0.25, 0.3) is 0 Å². The molecule has 0 spiro atoms. The van der Waals surface area contributed by atoms with Crippen LogP contribution in [0.1, 0.15) is 19.4 Å². The lowest BCUT2D eigenvalue weighted by molar-refractivity contribution is 0.610. The molecule has 2 heterocycles. The highest BCUT2D eigenvalue weighted by molar-refractivity contribution is 5.50. The summed E-state index contributed by atoms with van der Waals surface area (Å²) >= 11 is 0. The van der Waals surface area contributed by atoms with Gasteiger partial charge in [-0.1, -0.05) is 25.8 Å². The smallest absolute Gasteiger partial charge is 0.244 e. The third kappa shape index (κ3) is 2.23. The zero-order chi connectivity index (χ0) is 12.4. The Kier molecular flexibility index (Phi) is 3.01. The van der Waals surface area contributed by atoms with Crippen LogP contribution in [0.5, 0.6) is 0 Å². The molecule has 2 aromatic heterocycles. The van der Waals surface area contributed by atoms with Crippen molar-refractivity contribution in [1.29, 1.82) is 0 Å². The zero-order valence-corrected chi connectivity index (χ0v) is 10.3. The molecule has 2 rings (SSSR count). The highest BCUT2D eigenvalue weighted by Gasteiger charge is 2.13. The van der Waals surface area contributed by atoms with E-state index in [1.807, 2.05) is 25.3 Å². The lowest BCUT2D eigenvalue weighted by Crippen LogP contribution is -2.24. The molecule has 0 saturated carbocycles. The van der Waals surface area contributed by atoms with Crippen molar-refractivity contribution in [3.63, 3.8) is 0 Å². The van der Waals surface area contributed by atoms with Gasteiger partial charge in [-0.15, -0.1) is 11.5 Å². The van der Waals surface area contributed by atoms with Crippen LogP contribution in [-0.2, 0) is 0 Å². The molecule has 4 nitrogen and oxygen atoms in total. The monoisotopic (exact) mass is 228 g/mol. The van der Waals surface area contributed by atoms with E-state index >= 15 is 0 Å². The zero-order valence-electron chi connectivity index (χ0n) is 10.3. The first-order valence-corrected chi connectivity index (χ1v) is 5.66. The van der Waals surface area contributed by atoms with Crippen molar-refractivity contribution < 1.29 is 0 Å². The Labute approximate surface area is 101 Å². The van der Waals surface area contributed by atoms with E-state index < -0.39 is 0 Å². The summed E-state index contributed by atoms with van der Waals surface area (Å²) in [5, 5.41) is 7.51. The number of terminal acetylenes is 1. The van der Waals surface area contributed by atoms with Crippen LogP contribution < -0.4 is 5.32 Å². The normalized spacial score (nSPS) is 12.6. The maximum absolute atomic E-state index is 5.47. The lowest BCUT2D eigenvalue weighted by atomic mass is 10.1. The molecular weight excluding hydrogens is 212 g/mol. The maximum Gasteiger partial charge on any atom is 0.244 e. The summed E-state index contributed by atoms with van der Waals surface area (Å²) in [6.45, 7) is 6.14. The van der Waals surface area contributed by atoms with Gasteiger partial charge in [0.15, 0.2) is 5.65 Å². The number of hydrogen-bond donors (Lipinski definition) is 1. The minimum absolute atomic E-state index is 0.0484. The number of pyridine rings is 1. The third-order valence-electron chi connectivity index (χ3n) is 2.69. The van der Waals surface area contributed by atoms with Crippen molar-refractivity contribution in [3.05, 3.63) is 23.9 Å². The highest BCUT2D eigenvalue weighted by atomic mass is 15.3. The summed E-state index contributed by atoms with van der Waals surface area (Å²) in [6, 6.07) is 3.91. The van der Waals surface area contributed by atoms with E-state index in [2.05, 4.69) is 35.2 Å². The number of aryl methyl sites for hydroxylation is 1. The van der Waals surface area contributed by atoms with E-state index in [0.29, 0.717) is 11.9 Å². The second-order valence-corrected chi connectivity index (χ2v) is 4.43. The van der Waals surface area contributed by atoms with Crippen LogP contribution in [0.25, 0.3) is 5.65 Å². The molecule has 1 N–H and O–H groups in total. The number of nitrogens with one attached hydrogen (secondary N) is 1. The molecule has 88 valence electrons. The summed E-state index contributed by atoms with van der Waals surface area (Å²) in [5.41, 5.74) is 1.95. The van der Waals surface area contributed by atoms with Crippen molar-refractivity contribution in [2.45, 2.75) is 26.8 Å². The van der Waals surface area contributed by atoms with Gasteiger partial charge < -0.3 is 5.32 Å². The first kappa shape index (κ1) is 11.5. The molecule has 0 aromatic carbocycles. The minimum atomic E-state index is -0.0484. The number of rotatable bonds is 3. The Morgan fingerprint density at radius 3 is 2.82 bits per heavy atom. The van der Waals surface area contributed by atoms with E-state index in [4.69, 9.17) is 6.42 Å². The average molecular weight is 228 g/mol. The second kappa shape index (κ2) is 4.46. The molecule has 0 aliphatic carbocycles. The van der Waals surface area contributed by atoms with Crippen LogP contribution in [0.15, 0.2) is 18.3 Å². The molecule has 0 amide bonds. The molecule has 17 heavy (non-hydrogen) atoms. The quantitative estimate of drug-likeness (QED) is 0.818. The Balaban J connectivity index is 2.32. The average Bonchev–Trinajstić information content (AvgIpc) is 2.69. The fourth-order valence-electron chi connectivity index (χ4n) is 1.64. The van der Waals surface area contributed by atoms with Gasteiger partial charge in [-0.2, -0.15) is 4.98 Å². The predicted molar refractivity (Wildman–Crippen MR) is 68.8 cm³/mol. The molecular formula is C13H16N4. The molecule has 1 atom stereocenters. The van der Waals surface area contributed by atoms with E-state index in [1.165, 1.54) is 0 Å². The summed E-state index contributed by atoms with van der Waals surface area (Å²) in [5.74, 6) is 3.63. The van der Waals surface area contributed by atoms with Gasteiger partial charge in [-0.3, -0.25) is 0 Å². The fraction of sp³-hybridized carbons (Fsp3) is 0.385. The fourth-order valence-corrected chi connectivity index (χ4v) is 1.64. The summed E-state index contributed by atoms with van der Waals surface area (Å²) in [6.07, 6.45) is 7.35. The SMILES string of the molecule is C#CC(Nc1nc2c(C)cccn2n1)C(C)C. The van der Waals surface area contributed by atoms with Crippen molar-refractivity contribution in [3.8, 4) is 12.3 Å². The molecule has 0 fully saturated rings. The molecule has 2 aromatic rings. The lowest BCUT2D eigenvalue weighted by Gasteiger charge is -2.14. The Morgan fingerprint density at radius 2 is 2.24 bits per heavy atom. The summed E-state index contributed by atoms with van der Waals surface area (Å²) in [7, 11) is 0. The molecule has 0 aliphatic rings. The largest absolute Gasteiger partial charge is 0.339 e. The van der Waals surface area contributed by atoms with Crippen molar-refractivity contribution in [2.75, 3.05) is 5.32 Å². The Bertz CT molecular complexity index is 562. The summed E-state index contributed by atoms with van der Waals surface area (Å²) < 4.78 is 1.76. The van der Waals surface area contributed by atoms with E-state index in [0.717, 1.165) is 11.2 Å². The number of aromatic nitrogens is 3. The number of nitrogens with zero attached hydrogens (tertiary/aromatic N) is 3. The van der Waals surface area contributed by atoms with Gasteiger partial charge in [0, 0.05) is 6.20 Å². The topological polar surface area (TPSA) is 42.2 Å². The van der Waals surface area contributed by atoms with E-state index in [9.17, 15) is 0 Å². The highest BCUT2D eigenvalue weighted by Crippen LogP contribution is 2.12. The van der Waals surface area contributed by atoms with Crippen LogP contribution in [0.4, 0.5) is 5.95 Å². The first-order chi connectivity index (χ1) is 8.11. The molecule has 0 bridgehead atoms. The maximum atomic E-state index is 5.47. The number of fused-ring (bicyclic) bond motifs is 1. The van der Waals surface area contributed by atoms with Gasteiger partial charge in [0.05, 0.1) is 6.04 Å². The first-order valence-electron chi connectivity index (χ1n) is 5.66. The molecule has 0 radical (unpaired) electrons.